The second-order valence-electron chi connectivity index (χ2n) is 11.7. The molecular weight excluding hydrogens is 404 g/mol. The van der Waals surface area contributed by atoms with Gasteiger partial charge in [-0.3, -0.25) is 0 Å². The quantitative estimate of drug-likeness (QED) is 0.351. The second kappa shape index (κ2) is 13.5. The summed E-state index contributed by atoms with van der Waals surface area (Å²) in [5.41, 5.74) is 0.542. The fraction of sp³-hybridized carbons (Fsp3) is 0.871. The smallest absolute Gasteiger partial charge is 0.0648 e. The van der Waals surface area contributed by atoms with Crippen LogP contribution in [0.25, 0.3) is 0 Å². The van der Waals surface area contributed by atoms with Crippen molar-refractivity contribution in [3.63, 3.8) is 0 Å². The van der Waals surface area contributed by atoms with Gasteiger partial charge in [-0.05, 0) is 113 Å². The van der Waals surface area contributed by atoms with Crippen LogP contribution in [0.15, 0.2) is 25.3 Å². The zero-order valence-corrected chi connectivity index (χ0v) is 22.0. The Morgan fingerprint density at radius 3 is 1.94 bits per heavy atom. The third-order valence-corrected chi connectivity index (χ3v) is 9.99. The molecular formula is C31H54O2. The molecule has 0 spiro atoms. The van der Waals surface area contributed by atoms with Crippen LogP contribution in [0.4, 0.5) is 0 Å². The highest BCUT2D eigenvalue weighted by Gasteiger charge is 2.62. The number of ether oxygens (including phenoxy) is 1. The highest BCUT2D eigenvalue weighted by atomic mass is 16.5. The predicted octanol–water partition coefficient (Wildman–Crippen LogP) is 8.49. The fourth-order valence-electron chi connectivity index (χ4n) is 9.00. The number of aliphatic hydroxyl groups is 1. The molecule has 190 valence electrons. The van der Waals surface area contributed by atoms with Gasteiger partial charge in [-0.15, -0.1) is 13.2 Å². The molecule has 0 aromatic heterocycles. The van der Waals surface area contributed by atoms with Gasteiger partial charge in [0.05, 0.1) is 18.8 Å². The summed E-state index contributed by atoms with van der Waals surface area (Å²) in [4.78, 5) is 0. The summed E-state index contributed by atoms with van der Waals surface area (Å²) in [5.74, 6) is 4.79. The van der Waals surface area contributed by atoms with Gasteiger partial charge in [0.15, 0.2) is 0 Å². The number of aliphatic hydroxyl groups excluding tert-OH is 1. The first-order valence-corrected chi connectivity index (χ1v) is 14.6. The van der Waals surface area contributed by atoms with Gasteiger partial charge in [-0.25, -0.2) is 0 Å². The molecule has 0 aromatic carbocycles. The van der Waals surface area contributed by atoms with Crippen molar-refractivity contribution in [1.29, 1.82) is 0 Å². The molecule has 4 fully saturated rings. The highest BCUT2D eigenvalue weighted by Crippen LogP contribution is 2.69. The highest BCUT2D eigenvalue weighted by molar-refractivity contribution is 5.10. The van der Waals surface area contributed by atoms with E-state index in [2.05, 4.69) is 20.1 Å². The molecule has 0 aromatic rings. The molecule has 1 N–H and O–H groups in total. The van der Waals surface area contributed by atoms with E-state index in [1.54, 1.807) is 6.08 Å². The summed E-state index contributed by atoms with van der Waals surface area (Å²) >= 11 is 0. The molecule has 0 bridgehead atoms. The summed E-state index contributed by atoms with van der Waals surface area (Å²) < 4.78 is 6.25. The van der Waals surface area contributed by atoms with Gasteiger partial charge in [-0.1, -0.05) is 51.2 Å². The van der Waals surface area contributed by atoms with Gasteiger partial charge >= 0.3 is 0 Å². The number of hydrogen-bond acceptors (Lipinski definition) is 2. The molecule has 0 saturated heterocycles. The lowest BCUT2D eigenvalue weighted by Gasteiger charge is -2.51. The molecule has 2 heteroatoms. The first kappa shape index (κ1) is 27.0. The average Bonchev–Trinajstić information content (AvgIpc) is 3.13. The van der Waals surface area contributed by atoms with Crippen molar-refractivity contribution in [3.8, 4) is 0 Å². The Bertz CT molecular complexity index is 553. The topological polar surface area (TPSA) is 29.5 Å². The number of rotatable bonds is 9. The third kappa shape index (κ3) is 6.16. The van der Waals surface area contributed by atoms with E-state index in [4.69, 9.17) is 4.74 Å². The molecule has 0 radical (unpaired) electrons. The van der Waals surface area contributed by atoms with Crippen LogP contribution in [0.3, 0.4) is 0 Å². The van der Waals surface area contributed by atoms with Crippen LogP contribution in [-0.4, -0.2) is 23.9 Å². The zero-order valence-electron chi connectivity index (χ0n) is 22.0. The number of fused-ring (bicyclic) bond motifs is 3. The summed E-state index contributed by atoms with van der Waals surface area (Å²) in [6, 6.07) is 0. The van der Waals surface area contributed by atoms with Crippen LogP contribution >= 0.6 is 0 Å². The van der Waals surface area contributed by atoms with Crippen LogP contribution in [0.2, 0.25) is 0 Å². The molecule has 5 unspecified atom stereocenters. The summed E-state index contributed by atoms with van der Waals surface area (Å²) in [6.07, 6.45) is 25.6. The van der Waals surface area contributed by atoms with Gasteiger partial charge in [-0.2, -0.15) is 0 Å². The molecule has 5 atom stereocenters. The third-order valence-electron chi connectivity index (χ3n) is 9.99. The SMILES string of the molecule is C=CC.C=CCOC(CCC)CCC1(C2CCC(O)CC2)C2CCCCC2C2CCCCC21. The van der Waals surface area contributed by atoms with Crippen LogP contribution < -0.4 is 0 Å². The standard InChI is InChI=1S/C28H48O2.C3H6/c1-3-9-23(30-20-4-2)18-19-28(21-14-16-22(29)17-15-21)26-12-7-5-10-24(26)25-11-6-8-13-27(25)28;1-3-2/h4,21-27,29H,2-3,5-20H2,1H3;3H,1H2,2H3. The molecule has 0 amide bonds. The van der Waals surface area contributed by atoms with Crippen molar-refractivity contribution in [1.82, 2.24) is 0 Å². The molecule has 4 saturated carbocycles. The Morgan fingerprint density at radius 1 is 0.879 bits per heavy atom. The molecule has 33 heavy (non-hydrogen) atoms. The fourth-order valence-corrected chi connectivity index (χ4v) is 9.00. The Balaban J connectivity index is 0.000000968. The van der Waals surface area contributed by atoms with E-state index in [-0.39, 0.29) is 6.10 Å². The molecule has 2 nitrogen and oxygen atoms in total. The van der Waals surface area contributed by atoms with Crippen molar-refractivity contribution >= 4 is 0 Å². The van der Waals surface area contributed by atoms with E-state index in [9.17, 15) is 5.11 Å². The summed E-state index contributed by atoms with van der Waals surface area (Å²) in [5, 5.41) is 10.3. The van der Waals surface area contributed by atoms with E-state index in [0.29, 0.717) is 18.1 Å². The van der Waals surface area contributed by atoms with Gasteiger partial charge in [0.1, 0.15) is 0 Å². The minimum absolute atomic E-state index is 0.0345. The van der Waals surface area contributed by atoms with E-state index in [1.165, 1.54) is 89.9 Å². The maximum absolute atomic E-state index is 10.3. The van der Waals surface area contributed by atoms with E-state index in [1.807, 2.05) is 13.0 Å². The predicted molar refractivity (Wildman–Crippen MR) is 141 cm³/mol. The van der Waals surface area contributed by atoms with E-state index < -0.39 is 0 Å². The molecule has 0 aliphatic heterocycles. The normalized spacial score (nSPS) is 38.9. The maximum Gasteiger partial charge on any atom is 0.0648 e. The first-order valence-electron chi connectivity index (χ1n) is 14.6. The van der Waals surface area contributed by atoms with Crippen molar-refractivity contribution in [2.75, 3.05) is 6.61 Å². The van der Waals surface area contributed by atoms with Gasteiger partial charge in [0.25, 0.3) is 0 Å². The van der Waals surface area contributed by atoms with Crippen LogP contribution in [0, 0.1) is 35.0 Å². The molecule has 4 aliphatic rings. The second-order valence-corrected chi connectivity index (χ2v) is 11.7. The largest absolute Gasteiger partial charge is 0.393 e. The van der Waals surface area contributed by atoms with Crippen LogP contribution in [-0.2, 0) is 4.74 Å². The van der Waals surface area contributed by atoms with Crippen molar-refractivity contribution in [2.45, 2.75) is 129 Å². The summed E-state index contributed by atoms with van der Waals surface area (Å²) in [6.45, 7) is 12.1. The van der Waals surface area contributed by atoms with E-state index in [0.717, 1.165) is 42.4 Å². The Kier molecular flexibility index (Phi) is 11.0. The Morgan fingerprint density at radius 2 is 1.42 bits per heavy atom. The van der Waals surface area contributed by atoms with E-state index >= 15 is 0 Å². The Hall–Kier alpha value is -0.600. The van der Waals surface area contributed by atoms with Crippen molar-refractivity contribution in [3.05, 3.63) is 25.3 Å². The summed E-state index contributed by atoms with van der Waals surface area (Å²) in [7, 11) is 0. The number of hydrogen-bond donors (Lipinski definition) is 1. The molecule has 4 aliphatic carbocycles. The van der Waals surface area contributed by atoms with Gasteiger partial charge in [0.2, 0.25) is 0 Å². The lowest BCUT2D eigenvalue weighted by molar-refractivity contribution is -0.0477. The lowest BCUT2D eigenvalue weighted by atomic mass is 9.54. The van der Waals surface area contributed by atoms with Crippen LogP contribution in [0.1, 0.15) is 117 Å². The van der Waals surface area contributed by atoms with Gasteiger partial charge in [0, 0.05) is 0 Å². The average molecular weight is 459 g/mol. The lowest BCUT2D eigenvalue weighted by Crippen LogP contribution is -2.45. The monoisotopic (exact) mass is 458 g/mol. The minimum Gasteiger partial charge on any atom is -0.393 e. The molecule has 0 heterocycles. The zero-order chi connectivity index (χ0) is 23.7. The van der Waals surface area contributed by atoms with Crippen molar-refractivity contribution in [2.24, 2.45) is 35.0 Å². The van der Waals surface area contributed by atoms with Crippen LogP contribution in [0.5, 0.6) is 0 Å². The van der Waals surface area contributed by atoms with Crippen molar-refractivity contribution < 1.29 is 9.84 Å². The molecule has 4 rings (SSSR count). The Labute approximate surface area is 205 Å². The first-order chi connectivity index (χ1) is 16.1. The number of allylic oxidation sites excluding steroid dienone is 1. The maximum atomic E-state index is 10.3. The minimum atomic E-state index is -0.0345. The van der Waals surface area contributed by atoms with Gasteiger partial charge < -0.3 is 9.84 Å².